The molecule has 0 aliphatic rings. The zero-order chi connectivity index (χ0) is 14.4. The molecule has 4 heteroatoms. The molecule has 0 bridgehead atoms. The molecule has 0 fully saturated rings. The van der Waals surface area contributed by atoms with E-state index >= 15 is 0 Å². The van der Waals surface area contributed by atoms with Crippen LogP contribution in [0, 0.1) is 10.5 Å². The van der Waals surface area contributed by atoms with E-state index in [1.807, 2.05) is 14.1 Å². The van der Waals surface area contributed by atoms with Crippen LogP contribution in [0.5, 0.6) is 0 Å². The van der Waals surface area contributed by atoms with E-state index in [9.17, 15) is 4.79 Å². The normalized spacial score (nSPS) is 12.7. The summed E-state index contributed by atoms with van der Waals surface area (Å²) in [6, 6.07) is 6.42. The summed E-state index contributed by atoms with van der Waals surface area (Å²) >= 11 is 0.00535. The zero-order valence-corrected chi connectivity index (χ0v) is 14.5. The Morgan fingerprint density at radius 1 is 1.42 bits per heavy atom. The topological polar surface area (TPSA) is 29.5 Å². The second-order valence-electron chi connectivity index (χ2n) is 4.91. The molecular weight excluding hydrogens is 353 g/mol. The van der Waals surface area contributed by atoms with Gasteiger partial charge in [-0.1, -0.05) is 0 Å². The summed E-state index contributed by atoms with van der Waals surface area (Å²) in [5, 5.41) is 0. The van der Waals surface area contributed by atoms with Crippen LogP contribution in [0.4, 0.5) is 0 Å². The van der Waals surface area contributed by atoms with Crippen molar-refractivity contribution in [3.05, 3.63) is 32.9 Å². The number of nitrogens with zero attached hydrogens (tertiary/aromatic N) is 1. The third kappa shape index (κ3) is 4.76. The van der Waals surface area contributed by atoms with Crippen molar-refractivity contribution >= 4 is 5.97 Å². The first-order chi connectivity index (χ1) is 8.99. The summed E-state index contributed by atoms with van der Waals surface area (Å²) in [6.07, 6.45) is 0.453. The van der Waals surface area contributed by atoms with Crippen LogP contribution in [-0.2, 0) is 9.53 Å². The average molecular weight is 376 g/mol. The van der Waals surface area contributed by atoms with E-state index in [0.717, 1.165) is 6.54 Å². The summed E-state index contributed by atoms with van der Waals surface area (Å²) in [7, 11) is 5.54. The third-order valence-electron chi connectivity index (χ3n) is 3.08. The van der Waals surface area contributed by atoms with E-state index in [4.69, 9.17) is 4.74 Å². The number of hydrogen-bond acceptors (Lipinski definition) is 3. The summed E-state index contributed by atoms with van der Waals surface area (Å²) in [5.74, 6) is 0.0885. The molecule has 0 amide bonds. The first-order valence-corrected chi connectivity index (χ1v) is 9.53. The molecule has 0 N–H and O–H groups in total. The quantitative estimate of drug-likeness (QED) is 0.366. The second-order valence-corrected chi connectivity index (χ2v) is 7.06. The van der Waals surface area contributed by atoms with Gasteiger partial charge in [0.1, 0.15) is 0 Å². The molecule has 1 rings (SSSR count). The first-order valence-electron chi connectivity index (χ1n) is 6.30. The number of halogens is 1. The van der Waals surface area contributed by atoms with Gasteiger partial charge < -0.3 is 0 Å². The van der Waals surface area contributed by atoms with Crippen LogP contribution in [-0.4, -0.2) is 43.5 Å². The molecule has 0 radical (unpaired) electrons. The average Bonchev–Trinajstić information content (AvgIpc) is 2.36. The minimum atomic E-state index is -0.131. The molecule has 0 saturated heterocycles. The van der Waals surface area contributed by atoms with Gasteiger partial charge in [-0.3, -0.25) is 0 Å². The number of benzene rings is 1. The monoisotopic (exact) mass is 376 g/mol. The van der Waals surface area contributed by atoms with E-state index in [1.54, 1.807) is 0 Å². The first kappa shape index (κ1) is 16.4. The molecule has 3 nitrogen and oxygen atoms in total. The molecule has 1 atom stereocenters. The van der Waals surface area contributed by atoms with Gasteiger partial charge in [-0.15, -0.1) is 0 Å². The number of methoxy groups -OCH3 is 1. The van der Waals surface area contributed by atoms with Crippen LogP contribution in [0.15, 0.2) is 18.2 Å². The van der Waals surface area contributed by atoms with Crippen LogP contribution >= 0.6 is 0 Å². The number of aryl methyl sites for hydroxylation is 1. The Hall–Kier alpha value is -0.620. The number of hydrogen-bond donors (Lipinski definition) is 0. The SMILES string of the molecule is COC(=O)CC(CN(C)C)c1cccc(C)c1[I-]C. The number of carbonyl (C=O) groups is 1. The predicted molar refractivity (Wildman–Crippen MR) is 73.7 cm³/mol. The molecule has 0 heterocycles. The number of rotatable bonds is 6. The van der Waals surface area contributed by atoms with Gasteiger partial charge in [0, 0.05) is 0 Å². The van der Waals surface area contributed by atoms with E-state index in [2.05, 4.69) is 35.0 Å². The van der Waals surface area contributed by atoms with E-state index < -0.39 is 0 Å². The Labute approximate surface area is 126 Å². The van der Waals surface area contributed by atoms with Gasteiger partial charge >= 0.3 is 126 Å². The number of carbonyl (C=O) groups excluding carboxylic acids is 1. The van der Waals surface area contributed by atoms with E-state index in [-0.39, 0.29) is 33.1 Å². The van der Waals surface area contributed by atoms with E-state index in [0.29, 0.717) is 6.42 Å². The van der Waals surface area contributed by atoms with Gasteiger partial charge in [0.15, 0.2) is 0 Å². The maximum absolute atomic E-state index is 11.6. The molecule has 0 aromatic heterocycles. The van der Waals surface area contributed by atoms with Gasteiger partial charge in [0.05, 0.1) is 0 Å². The Morgan fingerprint density at radius 3 is 2.63 bits per heavy atom. The van der Waals surface area contributed by atoms with Crippen LogP contribution in [0.25, 0.3) is 0 Å². The molecule has 0 spiro atoms. The van der Waals surface area contributed by atoms with Crippen molar-refractivity contribution in [2.75, 3.05) is 32.7 Å². The van der Waals surface area contributed by atoms with Crippen molar-refractivity contribution in [2.45, 2.75) is 19.3 Å². The Bertz CT molecular complexity index is 432. The second kappa shape index (κ2) is 7.85. The molecule has 0 saturated carbocycles. The molecule has 19 heavy (non-hydrogen) atoms. The summed E-state index contributed by atoms with van der Waals surface area (Å²) in [5.41, 5.74) is 2.68. The van der Waals surface area contributed by atoms with Crippen LogP contribution < -0.4 is 21.2 Å². The molecule has 1 unspecified atom stereocenters. The van der Waals surface area contributed by atoms with Gasteiger partial charge in [0.2, 0.25) is 0 Å². The number of ether oxygens (including phenoxy) is 1. The molecule has 1 aromatic carbocycles. The number of alkyl halides is 1. The van der Waals surface area contributed by atoms with Crippen molar-refractivity contribution in [3.8, 4) is 0 Å². The standard InChI is InChI=1S/C15H23INO2/c1-11-7-6-8-13(15(11)16-2)12(10-17(3)4)9-14(18)19-5/h6-8,12H,9-10H2,1-5H3/q-1. The fourth-order valence-corrected chi connectivity index (χ4v) is 4.52. The van der Waals surface area contributed by atoms with Gasteiger partial charge in [0.25, 0.3) is 0 Å². The number of likely N-dealkylation sites (N-methyl/N-ethyl adjacent to an activating group) is 1. The van der Waals surface area contributed by atoms with Crippen LogP contribution in [0.2, 0.25) is 0 Å². The summed E-state index contributed by atoms with van der Waals surface area (Å²) < 4.78 is 6.31. The van der Waals surface area contributed by atoms with E-state index in [1.165, 1.54) is 21.8 Å². The zero-order valence-electron chi connectivity index (χ0n) is 12.4. The minimum absolute atomic E-state index is 0.00535. The Kier molecular flexibility index (Phi) is 6.79. The molecule has 0 aliphatic carbocycles. The molecular formula is C15H23INO2-. The van der Waals surface area contributed by atoms with Crippen molar-refractivity contribution in [3.63, 3.8) is 0 Å². The molecule has 1 aromatic rings. The fraction of sp³-hybridized carbons (Fsp3) is 0.533. The molecule has 0 aliphatic heterocycles. The van der Waals surface area contributed by atoms with Gasteiger partial charge in [-0.2, -0.15) is 0 Å². The van der Waals surface area contributed by atoms with Crippen molar-refractivity contribution in [1.82, 2.24) is 4.90 Å². The predicted octanol–water partition coefficient (Wildman–Crippen LogP) is -0.908. The summed E-state index contributed by atoms with van der Waals surface area (Å²) in [6.45, 7) is 3.03. The van der Waals surface area contributed by atoms with Gasteiger partial charge in [-0.05, 0) is 0 Å². The van der Waals surface area contributed by atoms with Crippen molar-refractivity contribution in [2.24, 2.45) is 0 Å². The van der Waals surface area contributed by atoms with Crippen LogP contribution in [0.1, 0.15) is 23.5 Å². The fourth-order valence-electron chi connectivity index (χ4n) is 2.24. The maximum atomic E-state index is 11.6. The Balaban J connectivity index is 3.09. The summed E-state index contributed by atoms with van der Waals surface area (Å²) in [4.78, 5) is 16.0. The van der Waals surface area contributed by atoms with Crippen molar-refractivity contribution < 1.29 is 30.7 Å². The van der Waals surface area contributed by atoms with Crippen molar-refractivity contribution in [1.29, 1.82) is 0 Å². The van der Waals surface area contributed by atoms with Gasteiger partial charge in [-0.25, -0.2) is 0 Å². The third-order valence-corrected chi connectivity index (χ3v) is 5.63. The number of esters is 1. The van der Waals surface area contributed by atoms with Crippen LogP contribution in [0.3, 0.4) is 0 Å². The Morgan fingerprint density at radius 2 is 2.11 bits per heavy atom. The molecule has 108 valence electrons.